The first-order chi connectivity index (χ1) is 10.7. The summed E-state index contributed by atoms with van der Waals surface area (Å²) >= 11 is 0. The van der Waals surface area contributed by atoms with Crippen molar-refractivity contribution >= 4 is 16.7 Å². The van der Waals surface area contributed by atoms with Gasteiger partial charge in [-0.15, -0.1) is 0 Å². The molecule has 0 fully saturated rings. The molecule has 0 atom stereocenters. The van der Waals surface area contributed by atoms with Gasteiger partial charge in [-0.1, -0.05) is 0 Å². The van der Waals surface area contributed by atoms with Crippen molar-refractivity contribution in [2.45, 2.75) is 0 Å². The van der Waals surface area contributed by atoms with Gasteiger partial charge >= 0.3 is 0 Å². The number of nitrogens with zero attached hydrogens (tertiary/aromatic N) is 3. The summed E-state index contributed by atoms with van der Waals surface area (Å²) in [6.45, 7) is 0. The fourth-order valence-corrected chi connectivity index (χ4v) is 1.94. The standard InChI is InChI=1S/C15H11N3O4/c1-21-12-8-13-15(17-9-12)14(6-7-16-13)22-11-4-2-10(3-5-11)18(19)20/h2-9H,1H3. The zero-order valence-corrected chi connectivity index (χ0v) is 11.6. The molecule has 2 aromatic heterocycles. The Hall–Kier alpha value is -3.22. The van der Waals surface area contributed by atoms with Crippen LogP contribution in [0.3, 0.4) is 0 Å². The minimum atomic E-state index is -0.459. The van der Waals surface area contributed by atoms with Crippen molar-refractivity contribution in [1.82, 2.24) is 9.97 Å². The van der Waals surface area contributed by atoms with Gasteiger partial charge in [0.1, 0.15) is 17.0 Å². The second-order valence-corrected chi connectivity index (χ2v) is 4.41. The lowest BCUT2D eigenvalue weighted by atomic mass is 10.3. The van der Waals surface area contributed by atoms with Gasteiger partial charge in [0.05, 0.1) is 23.7 Å². The number of nitro groups is 1. The number of hydrogen-bond donors (Lipinski definition) is 0. The molecular formula is C15H11N3O4. The minimum Gasteiger partial charge on any atom is -0.495 e. The normalized spacial score (nSPS) is 10.4. The Balaban J connectivity index is 1.94. The number of nitro benzene ring substituents is 1. The van der Waals surface area contributed by atoms with Crippen molar-refractivity contribution in [2.75, 3.05) is 7.11 Å². The van der Waals surface area contributed by atoms with Gasteiger partial charge in [0.25, 0.3) is 5.69 Å². The number of aromatic nitrogens is 2. The van der Waals surface area contributed by atoms with Crippen LogP contribution in [0.4, 0.5) is 5.69 Å². The van der Waals surface area contributed by atoms with E-state index in [1.807, 2.05) is 0 Å². The molecule has 2 heterocycles. The largest absolute Gasteiger partial charge is 0.495 e. The highest BCUT2D eigenvalue weighted by Gasteiger charge is 2.09. The summed E-state index contributed by atoms with van der Waals surface area (Å²) in [5.74, 6) is 1.60. The van der Waals surface area contributed by atoms with Gasteiger partial charge in [-0.2, -0.15) is 0 Å². The molecule has 110 valence electrons. The lowest BCUT2D eigenvalue weighted by molar-refractivity contribution is -0.384. The van der Waals surface area contributed by atoms with E-state index < -0.39 is 4.92 Å². The van der Waals surface area contributed by atoms with Gasteiger partial charge in [-0.25, -0.2) is 4.98 Å². The molecule has 0 spiro atoms. The van der Waals surface area contributed by atoms with Crippen molar-refractivity contribution in [1.29, 1.82) is 0 Å². The molecule has 7 nitrogen and oxygen atoms in total. The van der Waals surface area contributed by atoms with Crippen molar-refractivity contribution in [3.05, 3.63) is 58.9 Å². The highest BCUT2D eigenvalue weighted by atomic mass is 16.6. The van der Waals surface area contributed by atoms with Crippen LogP contribution in [-0.4, -0.2) is 22.0 Å². The Bertz CT molecular complexity index is 834. The Morgan fingerprint density at radius 3 is 2.55 bits per heavy atom. The van der Waals surface area contributed by atoms with Crippen LogP contribution >= 0.6 is 0 Å². The molecule has 0 saturated carbocycles. The average Bonchev–Trinajstić information content (AvgIpc) is 2.55. The maximum Gasteiger partial charge on any atom is 0.269 e. The highest BCUT2D eigenvalue weighted by Crippen LogP contribution is 2.29. The van der Waals surface area contributed by atoms with E-state index in [4.69, 9.17) is 9.47 Å². The number of pyridine rings is 2. The molecule has 0 unspecified atom stereocenters. The van der Waals surface area contributed by atoms with Crippen LogP contribution in [0, 0.1) is 10.1 Å². The zero-order valence-electron chi connectivity index (χ0n) is 11.6. The minimum absolute atomic E-state index is 0.00907. The maximum atomic E-state index is 10.6. The molecule has 1 aromatic carbocycles. The number of methoxy groups -OCH3 is 1. The molecule has 0 radical (unpaired) electrons. The van der Waals surface area contributed by atoms with Crippen LogP contribution in [0.25, 0.3) is 11.0 Å². The summed E-state index contributed by atoms with van der Waals surface area (Å²) in [5.41, 5.74) is 1.23. The summed E-state index contributed by atoms with van der Waals surface area (Å²) in [4.78, 5) is 18.7. The van der Waals surface area contributed by atoms with Gasteiger partial charge in [-0.05, 0) is 12.1 Å². The summed E-state index contributed by atoms with van der Waals surface area (Å²) in [5, 5.41) is 10.6. The fraction of sp³-hybridized carbons (Fsp3) is 0.0667. The number of hydrogen-bond acceptors (Lipinski definition) is 6. The van der Waals surface area contributed by atoms with Gasteiger partial charge in [0.15, 0.2) is 5.75 Å². The SMILES string of the molecule is COc1cnc2c(Oc3ccc([N+](=O)[O-])cc3)ccnc2c1. The first-order valence-corrected chi connectivity index (χ1v) is 6.38. The number of ether oxygens (including phenoxy) is 2. The molecule has 22 heavy (non-hydrogen) atoms. The molecule has 7 heteroatoms. The predicted molar refractivity (Wildman–Crippen MR) is 79.3 cm³/mol. The second-order valence-electron chi connectivity index (χ2n) is 4.41. The van der Waals surface area contributed by atoms with E-state index in [2.05, 4.69) is 9.97 Å². The maximum absolute atomic E-state index is 10.6. The van der Waals surface area contributed by atoms with Crippen molar-refractivity contribution in [2.24, 2.45) is 0 Å². The summed E-state index contributed by atoms with van der Waals surface area (Å²) < 4.78 is 10.8. The van der Waals surface area contributed by atoms with Gasteiger partial charge in [0.2, 0.25) is 0 Å². The Labute approximate surface area is 125 Å². The van der Waals surface area contributed by atoms with E-state index in [0.717, 1.165) is 0 Å². The Kier molecular flexibility index (Phi) is 3.53. The fourth-order valence-electron chi connectivity index (χ4n) is 1.94. The van der Waals surface area contributed by atoms with Crippen molar-refractivity contribution < 1.29 is 14.4 Å². The molecule has 0 amide bonds. The van der Waals surface area contributed by atoms with E-state index in [9.17, 15) is 10.1 Å². The van der Waals surface area contributed by atoms with Crippen LogP contribution in [0.15, 0.2) is 48.8 Å². The molecule has 0 aliphatic carbocycles. The van der Waals surface area contributed by atoms with Gasteiger partial charge < -0.3 is 9.47 Å². The van der Waals surface area contributed by atoms with E-state index in [-0.39, 0.29) is 5.69 Å². The topological polar surface area (TPSA) is 87.4 Å². The molecule has 0 saturated heterocycles. The summed E-state index contributed by atoms with van der Waals surface area (Å²) in [6.07, 6.45) is 3.18. The average molecular weight is 297 g/mol. The quantitative estimate of drug-likeness (QED) is 0.542. The number of non-ortho nitro benzene ring substituents is 1. The smallest absolute Gasteiger partial charge is 0.269 e. The molecule has 3 rings (SSSR count). The van der Waals surface area contributed by atoms with Gasteiger partial charge in [-0.3, -0.25) is 15.1 Å². The van der Waals surface area contributed by atoms with E-state index in [1.54, 1.807) is 31.6 Å². The monoisotopic (exact) mass is 297 g/mol. The van der Waals surface area contributed by atoms with Crippen LogP contribution in [0.2, 0.25) is 0 Å². The highest BCUT2D eigenvalue weighted by molar-refractivity contribution is 5.81. The Morgan fingerprint density at radius 1 is 1.09 bits per heavy atom. The van der Waals surface area contributed by atoms with Crippen molar-refractivity contribution in [3.8, 4) is 17.2 Å². The molecule has 0 bridgehead atoms. The Morgan fingerprint density at radius 2 is 1.86 bits per heavy atom. The molecule has 0 aliphatic heterocycles. The predicted octanol–water partition coefficient (Wildman–Crippen LogP) is 3.34. The van der Waals surface area contributed by atoms with Crippen molar-refractivity contribution in [3.63, 3.8) is 0 Å². The van der Waals surface area contributed by atoms with Crippen LogP contribution in [-0.2, 0) is 0 Å². The van der Waals surface area contributed by atoms with Crippen LogP contribution in [0.5, 0.6) is 17.2 Å². The number of fused-ring (bicyclic) bond motifs is 1. The third-order valence-corrected chi connectivity index (χ3v) is 3.03. The van der Waals surface area contributed by atoms with E-state index in [1.165, 1.54) is 24.3 Å². The van der Waals surface area contributed by atoms with Crippen LogP contribution in [0.1, 0.15) is 0 Å². The molecule has 3 aromatic rings. The first kappa shape index (κ1) is 13.7. The number of benzene rings is 1. The third kappa shape index (κ3) is 2.64. The molecule has 0 N–H and O–H groups in total. The van der Waals surface area contributed by atoms with E-state index >= 15 is 0 Å². The zero-order chi connectivity index (χ0) is 15.5. The number of rotatable bonds is 4. The molecular weight excluding hydrogens is 286 g/mol. The first-order valence-electron chi connectivity index (χ1n) is 6.38. The third-order valence-electron chi connectivity index (χ3n) is 3.03. The van der Waals surface area contributed by atoms with Gasteiger partial charge in [0, 0.05) is 30.5 Å². The molecule has 0 aliphatic rings. The lowest BCUT2D eigenvalue weighted by Gasteiger charge is -2.08. The van der Waals surface area contributed by atoms with E-state index in [0.29, 0.717) is 28.3 Å². The second kappa shape index (κ2) is 5.65. The summed E-state index contributed by atoms with van der Waals surface area (Å²) in [7, 11) is 1.56. The lowest BCUT2D eigenvalue weighted by Crippen LogP contribution is -1.92. The van der Waals surface area contributed by atoms with Crippen LogP contribution < -0.4 is 9.47 Å². The summed E-state index contributed by atoms with van der Waals surface area (Å²) in [6, 6.07) is 9.28.